The second-order valence-corrected chi connectivity index (χ2v) is 5.01. The zero-order chi connectivity index (χ0) is 12.4. The first-order valence-corrected chi connectivity index (χ1v) is 6.01. The molecule has 0 atom stereocenters. The molecule has 5 heteroatoms. The maximum atomic E-state index is 5.53. The largest absolute Gasteiger partial charge is 0.381 e. The Bertz CT molecular complexity index is 522. The molecule has 4 nitrogen and oxygen atoms in total. The Labute approximate surface area is 109 Å². The third-order valence-electron chi connectivity index (χ3n) is 2.35. The molecule has 1 aromatic carbocycles. The van der Waals surface area contributed by atoms with Crippen LogP contribution in [0.15, 0.2) is 33.3 Å². The summed E-state index contributed by atoms with van der Waals surface area (Å²) < 4.78 is 6.17. The van der Waals surface area contributed by atoms with Crippen molar-refractivity contribution in [2.24, 2.45) is 0 Å². The predicted molar refractivity (Wildman–Crippen MR) is 71.4 cm³/mol. The first-order chi connectivity index (χ1) is 8.06. The zero-order valence-corrected chi connectivity index (χ0v) is 11.4. The SMILES string of the molecule is CN(C)Cc1ccc(-c2cc(N)no2)cc1Br. The summed E-state index contributed by atoms with van der Waals surface area (Å²) >= 11 is 3.56. The average molecular weight is 296 g/mol. The second kappa shape index (κ2) is 4.89. The van der Waals surface area contributed by atoms with E-state index in [1.807, 2.05) is 26.2 Å². The minimum atomic E-state index is 0.397. The number of nitrogens with two attached hydrogens (primary N) is 1. The highest BCUT2D eigenvalue weighted by atomic mass is 79.9. The number of halogens is 1. The van der Waals surface area contributed by atoms with Gasteiger partial charge in [-0.1, -0.05) is 33.2 Å². The molecular weight excluding hydrogens is 282 g/mol. The van der Waals surface area contributed by atoms with Gasteiger partial charge in [-0.15, -0.1) is 0 Å². The van der Waals surface area contributed by atoms with Crippen LogP contribution >= 0.6 is 15.9 Å². The molecule has 0 unspecified atom stereocenters. The second-order valence-electron chi connectivity index (χ2n) is 4.16. The van der Waals surface area contributed by atoms with Gasteiger partial charge in [-0.3, -0.25) is 0 Å². The Kier molecular flexibility index (Phi) is 3.49. The van der Waals surface area contributed by atoms with E-state index in [1.165, 1.54) is 5.56 Å². The van der Waals surface area contributed by atoms with Crippen LogP contribution in [-0.4, -0.2) is 24.2 Å². The van der Waals surface area contributed by atoms with E-state index in [0.29, 0.717) is 11.6 Å². The van der Waals surface area contributed by atoms with Gasteiger partial charge in [0.15, 0.2) is 11.6 Å². The minimum Gasteiger partial charge on any atom is -0.381 e. The molecule has 0 aliphatic carbocycles. The van der Waals surface area contributed by atoms with Crippen LogP contribution in [0.3, 0.4) is 0 Å². The average Bonchev–Trinajstić information content (AvgIpc) is 2.67. The third kappa shape index (κ3) is 2.87. The van der Waals surface area contributed by atoms with Gasteiger partial charge in [-0.05, 0) is 25.7 Å². The van der Waals surface area contributed by atoms with Crippen molar-refractivity contribution in [3.63, 3.8) is 0 Å². The number of anilines is 1. The maximum Gasteiger partial charge on any atom is 0.169 e. The van der Waals surface area contributed by atoms with Crippen LogP contribution in [-0.2, 0) is 6.54 Å². The van der Waals surface area contributed by atoms with E-state index >= 15 is 0 Å². The van der Waals surface area contributed by atoms with E-state index in [2.05, 4.69) is 32.1 Å². The van der Waals surface area contributed by atoms with Crippen LogP contribution in [0.4, 0.5) is 5.82 Å². The molecule has 17 heavy (non-hydrogen) atoms. The van der Waals surface area contributed by atoms with E-state index < -0.39 is 0 Å². The van der Waals surface area contributed by atoms with Crippen LogP contribution < -0.4 is 5.73 Å². The van der Waals surface area contributed by atoms with Crippen molar-refractivity contribution in [3.8, 4) is 11.3 Å². The Hall–Kier alpha value is -1.33. The van der Waals surface area contributed by atoms with Crippen LogP contribution in [0.5, 0.6) is 0 Å². The summed E-state index contributed by atoms with van der Waals surface area (Å²) in [5.41, 5.74) is 7.72. The lowest BCUT2D eigenvalue weighted by Crippen LogP contribution is -2.10. The van der Waals surface area contributed by atoms with Crippen molar-refractivity contribution in [3.05, 3.63) is 34.3 Å². The molecule has 0 spiro atoms. The summed E-state index contributed by atoms with van der Waals surface area (Å²) in [6.07, 6.45) is 0. The molecule has 0 aliphatic heterocycles. The van der Waals surface area contributed by atoms with Crippen molar-refractivity contribution in [1.82, 2.24) is 10.1 Å². The van der Waals surface area contributed by atoms with Gasteiger partial charge in [0.25, 0.3) is 0 Å². The van der Waals surface area contributed by atoms with E-state index in [-0.39, 0.29) is 0 Å². The Balaban J connectivity index is 2.30. The van der Waals surface area contributed by atoms with E-state index in [4.69, 9.17) is 10.3 Å². The fraction of sp³-hybridized carbons (Fsp3) is 0.250. The minimum absolute atomic E-state index is 0.397. The van der Waals surface area contributed by atoms with Gasteiger partial charge >= 0.3 is 0 Å². The standard InChI is InChI=1S/C12H14BrN3O/c1-16(2)7-9-4-3-8(5-10(9)13)11-6-12(14)15-17-11/h3-6H,7H2,1-2H3,(H2,14,15). The number of hydrogen-bond acceptors (Lipinski definition) is 4. The number of nitrogen functional groups attached to an aromatic ring is 1. The number of aromatic nitrogens is 1. The molecule has 0 aliphatic rings. The van der Waals surface area contributed by atoms with E-state index in [0.717, 1.165) is 16.6 Å². The van der Waals surface area contributed by atoms with Crippen LogP contribution in [0.1, 0.15) is 5.56 Å². The quantitative estimate of drug-likeness (QED) is 0.946. The summed E-state index contributed by atoms with van der Waals surface area (Å²) in [5.74, 6) is 1.08. The summed E-state index contributed by atoms with van der Waals surface area (Å²) in [6, 6.07) is 7.80. The summed E-state index contributed by atoms with van der Waals surface area (Å²) in [5, 5.41) is 3.67. The van der Waals surface area contributed by atoms with Crippen molar-refractivity contribution < 1.29 is 4.52 Å². The number of hydrogen-bond donors (Lipinski definition) is 1. The molecule has 0 saturated heterocycles. The molecule has 0 bridgehead atoms. The van der Waals surface area contributed by atoms with Crippen molar-refractivity contribution >= 4 is 21.7 Å². The fourth-order valence-corrected chi connectivity index (χ4v) is 2.10. The highest BCUT2D eigenvalue weighted by Gasteiger charge is 2.08. The highest BCUT2D eigenvalue weighted by Crippen LogP contribution is 2.27. The van der Waals surface area contributed by atoms with Crippen molar-refractivity contribution in [2.45, 2.75) is 6.54 Å². The zero-order valence-electron chi connectivity index (χ0n) is 9.77. The lowest BCUT2D eigenvalue weighted by atomic mass is 10.1. The van der Waals surface area contributed by atoms with Gasteiger partial charge in [0, 0.05) is 22.6 Å². The monoisotopic (exact) mass is 295 g/mol. The van der Waals surface area contributed by atoms with Gasteiger partial charge in [0.05, 0.1) is 0 Å². The lowest BCUT2D eigenvalue weighted by molar-refractivity contribution is 0.401. The van der Waals surface area contributed by atoms with Gasteiger partial charge < -0.3 is 15.2 Å². The molecule has 0 fully saturated rings. The molecule has 0 radical (unpaired) electrons. The molecule has 90 valence electrons. The van der Waals surface area contributed by atoms with Gasteiger partial charge in [0.2, 0.25) is 0 Å². The summed E-state index contributed by atoms with van der Waals surface area (Å²) in [7, 11) is 4.08. The maximum absolute atomic E-state index is 5.53. The Morgan fingerprint density at radius 2 is 2.12 bits per heavy atom. The van der Waals surface area contributed by atoms with Crippen LogP contribution in [0.25, 0.3) is 11.3 Å². The molecular formula is C12H14BrN3O. The highest BCUT2D eigenvalue weighted by molar-refractivity contribution is 9.10. The van der Waals surface area contributed by atoms with Crippen LogP contribution in [0.2, 0.25) is 0 Å². The summed E-state index contributed by atoms with van der Waals surface area (Å²) in [6.45, 7) is 0.888. The molecule has 2 rings (SSSR count). The molecule has 2 aromatic rings. The Morgan fingerprint density at radius 1 is 1.35 bits per heavy atom. The first kappa shape index (κ1) is 12.1. The smallest absolute Gasteiger partial charge is 0.169 e. The third-order valence-corrected chi connectivity index (χ3v) is 3.09. The molecule has 1 heterocycles. The van der Waals surface area contributed by atoms with Gasteiger partial charge in [-0.25, -0.2) is 0 Å². The topological polar surface area (TPSA) is 55.3 Å². The number of benzene rings is 1. The van der Waals surface area contributed by atoms with Crippen LogP contribution in [0, 0.1) is 0 Å². The van der Waals surface area contributed by atoms with Gasteiger partial charge in [-0.2, -0.15) is 0 Å². The molecule has 0 amide bonds. The molecule has 0 saturated carbocycles. The van der Waals surface area contributed by atoms with Gasteiger partial charge in [0.1, 0.15) is 0 Å². The molecule has 1 aromatic heterocycles. The fourth-order valence-electron chi connectivity index (χ4n) is 1.59. The van der Waals surface area contributed by atoms with Crippen molar-refractivity contribution in [1.29, 1.82) is 0 Å². The normalized spacial score (nSPS) is 11.1. The van der Waals surface area contributed by atoms with E-state index in [1.54, 1.807) is 6.07 Å². The predicted octanol–water partition coefficient (Wildman–Crippen LogP) is 2.75. The first-order valence-electron chi connectivity index (χ1n) is 5.22. The Morgan fingerprint density at radius 3 is 2.65 bits per heavy atom. The van der Waals surface area contributed by atoms with E-state index in [9.17, 15) is 0 Å². The lowest BCUT2D eigenvalue weighted by Gasteiger charge is -2.11. The summed E-state index contributed by atoms with van der Waals surface area (Å²) in [4.78, 5) is 2.12. The number of rotatable bonds is 3. The molecule has 2 N–H and O–H groups in total. The number of nitrogens with zero attached hydrogens (tertiary/aromatic N) is 2. The van der Waals surface area contributed by atoms with Crippen molar-refractivity contribution in [2.75, 3.05) is 19.8 Å².